The Kier molecular flexibility index (Phi) is 8.53. The molecule has 0 aromatic carbocycles. The minimum Gasteiger partial charge on any atom is -0.478 e. The Hall–Kier alpha value is -2.72. The van der Waals surface area contributed by atoms with E-state index in [0.29, 0.717) is 12.0 Å². The van der Waals surface area contributed by atoms with Crippen molar-refractivity contribution in [1.82, 2.24) is 0 Å². The quantitative estimate of drug-likeness (QED) is 0.455. The molecule has 0 aliphatic heterocycles. The predicted octanol–water partition coefficient (Wildman–Crippen LogP) is 5.25. The lowest BCUT2D eigenvalue weighted by atomic mass is 9.64. The molecule has 0 unspecified atom stereocenters. The van der Waals surface area contributed by atoms with Crippen molar-refractivity contribution in [3.05, 3.63) is 83.1 Å². The molecule has 1 aliphatic rings. The molecule has 0 heterocycles. The lowest BCUT2D eigenvalue weighted by Gasteiger charge is -2.44. The van der Waals surface area contributed by atoms with E-state index in [2.05, 4.69) is 0 Å². The molecule has 4 heteroatoms. The van der Waals surface area contributed by atoms with E-state index in [1.54, 1.807) is 32.1 Å². The van der Waals surface area contributed by atoms with E-state index in [4.69, 9.17) is 5.11 Å². The standard InChI is InChI=1S/C25H32O4/c1-18(12-9-13-20(3)23(27)28)10-7-8-11-19(2)14-15-25(29)21(4)16-22(26)17-24(25,5)6/h7-16,29H,17H2,1-6H3,(H,27,28)/b8-7+,12-9+,15-14+,18-10+,19-11+,20-13+/t25-/m1/s1. The summed E-state index contributed by atoms with van der Waals surface area (Å²) in [5.41, 5.74) is 1.19. The lowest BCUT2D eigenvalue weighted by molar-refractivity contribution is -0.132. The first-order valence-corrected chi connectivity index (χ1v) is 9.62. The molecular weight excluding hydrogens is 364 g/mol. The van der Waals surface area contributed by atoms with E-state index in [9.17, 15) is 14.7 Å². The van der Waals surface area contributed by atoms with E-state index in [-0.39, 0.29) is 11.4 Å². The summed E-state index contributed by atoms with van der Waals surface area (Å²) >= 11 is 0. The summed E-state index contributed by atoms with van der Waals surface area (Å²) in [6.45, 7) is 11.0. The van der Waals surface area contributed by atoms with Crippen LogP contribution in [0.3, 0.4) is 0 Å². The highest BCUT2D eigenvalue weighted by Gasteiger charge is 2.46. The fraction of sp³-hybridized carbons (Fsp3) is 0.360. The van der Waals surface area contributed by atoms with Crippen LogP contribution < -0.4 is 0 Å². The summed E-state index contributed by atoms with van der Waals surface area (Å²) in [4.78, 5) is 22.5. The molecule has 1 aliphatic carbocycles. The molecule has 29 heavy (non-hydrogen) atoms. The van der Waals surface area contributed by atoms with Crippen molar-refractivity contribution >= 4 is 11.8 Å². The van der Waals surface area contributed by atoms with Crippen LogP contribution in [0.4, 0.5) is 0 Å². The van der Waals surface area contributed by atoms with Gasteiger partial charge in [-0.05, 0) is 45.4 Å². The maximum atomic E-state index is 11.8. The zero-order chi connectivity index (χ0) is 22.2. The Bertz CT molecular complexity index is 857. The third-order valence-electron chi connectivity index (χ3n) is 5.09. The topological polar surface area (TPSA) is 74.6 Å². The molecule has 0 aromatic rings. The van der Waals surface area contributed by atoms with Gasteiger partial charge in [0.1, 0.15) is 5.60 Å². The smallest absolute Gasteiger partial charge is 0.331 e. The summed E-state index contributed by atoms with van der Waals surface area (Å²) in [7, 11) is 0. The molecule has 1 rings (SSSR count). The number of aliphatic carboxylic acids is 1. The molecule has 0 amide bonds. The largest absolute Gasteiger partial charge is 0.478 e. The molecule has 0 aromatic heterocycles. The van der Waals surface area contributed by atoms with Gasteiger partial charge in [-0.2, -0.15) is 0 Å². The Morgan fingerprint density at radius 2 is 1.55 bits per heavy atom. The number of carboxylic acids is 1. The van der Waals surface area contributed by atoms with Crippen LogP contribution in [-0.4, -0.2) is 27.6 Å². The van der Waals surface area contributed by atoms with E-state index >= 15 is 0 Å². The van der Waals surface area contributed by atoms with Crippen LogP contribution in [-0.2, 0) is 9.59 Å². The van der Waals surface area contributed by atoms with Crippen LogP contribution >= 0.6 is 0 Å². The average Bonchev–Trinajstić information content (AvgIpc) is 2.61. The van der Waals surface area contributed by atoms with Crippen molar-refractivity contribution < 1.29 is 19.8 Å². The first-order valence-electron chi connectivity index (χ1n) is 9.62. The number of rotatable bonds is 7. The van der Waals surface area contributed by atoms with Crippen LogP contribution in [0.25, 0.3) is 0 Å². The van der Waals surface area contributed by atoms with Crippen molar-refractivity contribution in [2.75, 3.05) is 0 Å². The van der Waals surface area contributed by atoms with Crippen molar-refractivity contribution in [3.63, 3.8) is 0 Å². The number of aliphatic hydroxyl groups is 1. The highest BCUT2D eigenvalue weighted by molar-refractivity contribution is 5.92. The predicted molar refractivity (Wildman–Crippen MR) is 118 cm³/mol. The van der Waals surface area contributed by atoms with Gasteiger partial charge in [0.2, 0.25) is 0 Å². The van der Waals surface area contributed by atoms with Crippen LogP contribution in [0.15, 0.2) is 83.1 Å². The number of carbonyl (C=O) groups is 2. The third-order valence-corrected chi connectivity index (χ3v) is 5.09. The van der Waals surface area contributed by atoms with Gasteiger partial charge < -0.3 is 10.2 Å². The van der Waals surface area contributed by atoms with Crippen LogP contribution in [0.2, 0.25) is 0 Å². The number of carbonyl (C=O) groups excluding carboxylic acids is 1. The number of allylic oxidation sites excluding steroid dienone is 11. The summed E-state index contributed by atoms with van der Waals surface area (Å²) in [5, 5.41) is 19.9. The fourth-order valence-electron chi connectivity index (χ4n) is 3.06. The molecule has 0 spiro atoms. The lowest BCUT2D eigenvalue weighted by Crippen LogP contribution is -2.48. The van der Waals surface area contributed by atoms with Gasteiger partial charge in [0.15, 0.2) is 5.78 Å². The SMILES string of the molecule is CC1=CC(=O)CC(C)(C)[C@@]1(O)/C=C/C(C)=C/C=C/C=C(C)/C=C/C=C(\C)C(=O)O. The summed E-state index contributed by atoms with van der Waals surface area (Å²) in [6.07, 6.45) is 18.2. The second-order valence-electron chi connectivity index (χ2n) is 8.17. The monoisotopic (exact) mass is 396 g/mol. The van der Waals surface area contributed by atoms with E-state index in [0.717, 1.165) is 11.1 Å². The van der Waals surface area contributed by atoms with Gasteiger partial charge in [0.05, 0.1) is 0 Å². The molecule has 156 valence electrons. The Morgan fingerprint density at radius 1 is 1.00 bits per heavy atom. The first kappa shape index (κ1) is 24.3. The molecule has 0 saturated heterocycles. The van der Waals surface area contributed by atoms with Gasteiger partial charge in [-0.25, -0.2) is 4.79 Å². The normalized spacial score (nSPS) is 24.0. The average molecular weight is 397 g/mol. The third kappa shape index (κ3) is 6.99. The van der Waals surface area contributed by atoms with Gasteiger partial charge in [0.25, 0.3) is 0 Å². The molecule has 2 N–H and O–H groups in total. The number of hydrogen-bond acceptors (Lipinski definition) is 3. The molecule has 0 radical (unpaired) electrons. The molecular formula is C25H32O4. The van der Waals surface area contributed by atoms with Crippen molar-refractivity contribution in [1.29, 1.82) is 0 Å². The van der Waals surface area contributed by atoms with Crippen LogP contribution in [0.1, 0.15) is 48.0 Å². The van der Waals surface area contributed by atoms with E-state index in [1.807, 2.05) is 64.2 Å². The minimum atomic E-state index is -1.15. The van der Waals surface area contributed by atoms with Crippen LogP contribution in [0.5, 0.6) is 0 Å². The number of carboxylic acid groups (broad SMARTS) is 1. The zero-order valence-electron chi connectivity index (χ0n) is 18.2. The highest BCUT2D eigenvalue weighted by atomic mass is 16.4. The second-order valence-corrected chi connectivity index (χ2v) is 8.17. The van der Waals surface area contributed by atoms with Crippen molar-refractivity contribution in [2.24, 2.45) is 5.41 Å². The zero-order valence-corrected chi connectivity index (χ0v) is 18.2. The van der Waals surface area contributed by atoms with Gasteiger partial charge in [-0.3, -0.25) is 4.79 Å². The van der Waals surface area contributed by atoms with Crippen molar-refractivity contribution in [3.8, 4) is 0 Å². The highest BCUT2D eigenvalue weighted by Crippen LogP contribution is 2.44. The Morgan fingerprint density at radius 3 is 2.07 bits per heavy atom. The molecule has 0 bridgehead atoms. The first-order chi connectivity index (χ1) is 13.4. The fourth-order valence-corrected chi connectivity index (χ4v) is 3.06. The maximum Gasteiger partial charge on any atom is 0.331 e. The second kappa shape index (κ2) is 10.2. The van der Waals surface area contributed by atoms with Gasteiger partial charge in [-0.1, -0.05) is 73.6 Å². The Labute approximate surface area is 174 Å². The molecule has 1 atom stereocenters. The maximum absolute atomic E-state index is 11.8. The van der Waals surface area contributed by atoms with Gasteiger partial charge in [0, 0.05) is 17.4 Å². The minimum absolute atomic E-state index is 0.0468. The summed E-state index contributed by atoms with van der Waals surface area (Å²) in [5.74, 6) is -0.881. The molecule has 0 fully saturated rings. The van der Waals surface area contributed by atoms with Crippen molar-refractivity contribution in [2.45, 2.75) is 53.6 Å². The number of hydrogen-bond donors (Lipinski definition) is 2. The summed E-state index contributed by atoms with van der Waals surface area (Å²) < 4.78 is 0. The molecule has 0 saturated carbocycles. The summed E-state index contributed by atoms with van der Waals surface area (Å²) in [6, 6.07) is 0. The van der Waals surface area contributed by atoms with E-state index in [1.165, 1.54) is 6.08 Å². The Balaban J connectivity index is 2.82. The van der Waals surface area contributed by atoms with E-state index < -0.39 is 17.0 Å². The van der Waals surface area contributed by atoms with Gasteiger partial charge in [-0.15, -0.1) is 0 Å². The number of ketones is 1. The van der Waals surface area contributed by atoms with Crippen LogP contribution in [0, 0.1) is 5.41 Å². The van der Waals surface area contributed by atoms with Gasteiger partial charge >= 0.3 is 5.97 Å². The molecule has 4 nitrogen and oxygen atoms in total.